The molecule has 1 aromatic heterocycles. The lowest BCUT2D eigenvalue weighted by Gasteiger charge is -2.35. The topological polar surface area (TPSA) is 57.3 Å². The molecule has 0 aromatic carbocycles. The van der Waals surface area contributed by atoms with Gasteiger partial charge in [0.25, 0.3) is 0 Å². The van der Waals surface area contributed by atoms with E-state index in [1.807, 2.05) is 5.38 Å². The van der Waals surface area contributed by atoms with Crippen molar-refractivity contribution < 1.29 is 4.79 Å². The van der Waals surface area contributed by atoms with Crippen LogP contribution < -0.4 is 10.6 Å². The highest BCUT2D eigenvalue weighted by Crippen LogP contribution is 2.14. The van der Waals surface area contributed by atoms with Gasteiger partial charge in [-0.3, -0.25) is 10.2 Å². The van der Waals surface area contributed by atoms with Crippen LogP contribution in [0.1, 0.15) is 26.7 Å². The minimum absolute atomic E-state index is 0.152. The van der Waals surface area contributed by atoms with Gasteiger partial charge in [-0.2, -0.15) is 0 Å². The number of aromatic nitrogens is 1. The summed E-state index contributed by atoms with van der Waals surface area (Å²) in [5.41, 5.74) is 0. The average molecular weight is 268 g/mol. The van der Waals surface area contributed by atoms with Crippen LogP contribution in [0.4, 0.5) is 9.93 Å². The molecule has 0 spiro atoms. The maximum Gasteiger partial charge on any atom is 0.321 e. The molecule has 1 aliphatic heterocycles. The van der Waals surface area contributed by atoms with Crippen molar-refractivity contribution in [3.05, 3.63) is 11.6 Å². The number of anilines is 1. The van der Waals surface area contributed by atoms with E-state index < -0.39 is 0 Å². The molecule has 1 aliphatic rings. The molecule has 0 radical (unpaired) electrons. The van der Waals surface area contributed by atoms with E-state index in [1.54, 1.807) is 6.20 Å². The Morgan fingerprint density at radius 3 is 3.11 bits per heavy atom. The highest BCUT2D eigenvalue weighted by molar-refractivity contribution is 7.13. The zero-order valence-corrected chi connectivity index (χ0v) is 11.7. The molecule has 2 heterocycles. The van der Waals surface area contributed by atoms with Crippen molar-refractivity contribution in [3.8, 4) is 0 Å². The number of rotatable bonds is 3. The fraction of sp³-hybridized carbons (Fsp3) is 0.667. The van der Waals surface area contributed by atoms with E-state index >= 15 is 0 Å². The van der Waals surface area contributed by atoms with Crippen LogP contribution in [-0.4, -0.2) is 41.1 Å². The van der Waals surface area contributed by atoms with E-state index in [4.69, 9.17) is 0 Å². The lowest BCUT2D eigenvalue weighted by atomic mass is 10.0. The number of likely N-dealkylation sites (tertiary alicyclic amines) is 1. The van der Waals surface area contributed by atoms with Gasteiger partial charge in [0.1, 0.15) is 0 Å². The Bertz CT molecular complexity index is 379. The predicted molar refractivity (Wildman–Crippen MR) is 74.0 cm³/mol. The number of carbonyl (C=O) groups excluding carboxylic acids is 1. The van der Waals surface area contributed by atoms with Gasteiger partial charge in [0.05, 0.1) is 0 Å². The molecule has 1 atom stereocenters. The Morgan fingerprint density at radius 2 is 2.44 bits per heavy atom. The summed E-state index contributed by atoms with van der Waals surface area (Å²) >= 11 is 1.43. The van der Waals surface area contributed by atoms with Crippen LogP contribution in [0.3, 0.4) is 0 Å². The van der Waals surface area contributed by atoms with Crippen LogP contribution >= 0.6 is 11.3 Å². The molecular formula is C12H20N4OS. The maximum absolute atomic E-state index is 11.8. The number of thiazole rings is 1. The monoisotopic (exact) mass is 268 g/mol. The number of hydrogen-bond acceptors (Lipinski definition) is 4. The van der Waals surface area contributed by atoms with E-state index in [1.165, 1.54) is 11.3 Å². The molecule has 1 saturated heterocycles. The first kappa shape index (κ1) is 13.3. The zero-order chi connectivity index (χ0) is 13.0. The SMILES string of the molecule is CC(C)N1CCC[C@@H](NC(=O)Nc2nccs2)C1. The Morgan fingerprint density at radius 1 is 1.61 bits per heavy atom. The summed E-state index contributed by atoms with van der Waals surface area (Å²) in [4.78, 5) is 18.2. The van der Waals surface area contributed by atoms with Crippen molar-refractivity contribution in [2.75, 3.05) is 18.4 Å². The van der Waals surface area contributed by atoms with Gasteiger partial charge in [-0.25, -0.2) is 9.78 Å². The van der Waals surface area contributed by atoms with Gasteiger partial charge in [-0.05, 0) is 33.2 Å². The van der Waals surface area contributed by atoms with E-state index in [0.29, 0.717) is 11.2 Å². The summed E-state index contributed by atoms with van der Waals surface area (Å²) in [6, 6.07) is 0.623. The number of hydrogen-bond donors (Lipinski definition) is 2. The first-order chi connectivity index (χ1) is 8.65. The van der Waals surface area contributed by atoms with Crippen LogP contribution in [0.25, 0.3) is 0 Å². The Balaban J connectivity index is 1.80. The number of piperidine rings is 1. The molecule has 2 amide bonds. The van der Waals surface area contributed by atoms with Gasteiger partial charge < -0.3 is 5.32 Å². The molecule has 1 aromatic rings. The smallest absolute Gasteiger partial charge is 0.321 e. The quantitative estimate of drug-likeness (QED) is 0.883. The van der Waals surface area contributed by atoms with Crippen LogP contribution in [0, 0.1) is 0 Å². The summed E-state index contributed by atoms with van der Waals surface area (Å²) < 4.78 is 0. The van der Waals surface area contributed by atoms with Gasteiger partial charge >= 0.3 is 6.03 Å². The largest absolute Gasteiger partial charge is 0.334 e. The van der Waals surface area contributed by atoms with Crippen LogP contribution in [0.15, 0.2) is 11.6 Å². The van der Waals surface area contributed by atoms with E-state index in [0.717, 1.165) is 25.9 Å². The van der Waals surface area contributed by atoms with Crippen LogP contribution in [0.2, 0.25) is 0 Å². The summed E-state index contributed by atoms with van der Waals surface area (Å²) in [6.07, 6.45) is 3.87. The molecule has 5 nitrogen and oxygen atoms in total. The third kappa shape index (κ3) is 3.68. The van der Waals surface area contributed by atoms with E-state index in [2.05, 4.69) is 34.4 Å². The molecule has 0 saturated carbocycles. The molecule has 0 unspecified atom stereocenters. The molecule has 100 valence electrons. The van der Waals surface area contributed by atoms with Crippen molar-refractivity contribution in [1.82, 2.24) is 15.2 Å². The van der Waals surface area contributed by atoms with Crippen molar-refractivity contribution in [2.45, 2.75) is 38.8 Å². The third-order valence-corrected chi connectivity index (χ3v) is 3.86. The van der Waals surface area contributed by atoms with Gasteiger partial charge in [-0.1, -0.05) is 0 Å². The molecule has 2 rings (SSSR count). The summed E-state index contributed by atoms with van der Waals surface area (Å²) in [5, 5.41) is 8.26. The number of amides is 2. The maximum atomic E-state index is 11.8. The van der Waals surface area contributed by atoms with E-state index in [9.17, 15) is 4.79 Å². The molecule has 18 heavy (non-hydrogen) atoms. The van der Waals surface area contributed by atoms with Crippen LogP contribution in [0.5, 0.6) is 0 Å². The van der Waals surface area contributed by atoms with E-state index in [-0.39, 0.29) is 12.1 Å². The molecule has 1 fully saturated rings. The van der Waals surface area contributed by atoms with Gasteiger partial charge in [0, 0.05) is 30.2 Å². The second-order valence-electron chi connectivity index (χ2n) is 4.86. The highest BCUT2D eigenvalue weighted by Gasteiger charge is 2.22. The summed E-state index contributed by atoms with van der Waals surface area (Å²) in [5.74, 6) is 0. The highest BCUT2D eigenvalue weighted by atomic mass is 32.1. The number of nitrogens with one attached hydrogen (secondary N) is 2. The Hall–Kier alpha value is -1.14. The molecule has 0 aliphatic carbocycles. The first-order valence-corrected chi connectivity index (χ1v) is 7.24. The first-order valence-electron chi connectivity index (χ1n) is 6.36. The average Bonchev–Trinajstić information content (AvgIpc) is 2.82. The van der Waals surface area contributed by atoms with Gasteiger partial charge in [0.15, 0.2) is 5.13 Å². The van der Waals surface area contributed by atoms with Crippen molar-refractivity contribution in [2.24, 2.45) is 0 Å². The Kier molecular flexibility index (Phi) is 4.54. The molecule has 6 heteroatoms. The van der Waals surface area contributed by atoms with Crippen molar-refractivity contribution in [1.29, 1.82) is 0 Å². The minimum Gasteiger partial charge on any atom is -0.334 e. The summed E-state index contributed by atoms with van der Waals surface area (Å²) in [6.45, 7) is 6.45. The molecular weight excluding hydrogens is 248 g/mol. The normalized spacial score (nSPS) is 20.9. The van der Waals surface area contributed by atoms with Crippen LogP contribution in [-0.2, 0) is 0 Å². The second kappa shape index (κ2) is 6.15. The second-order valence-corrected chi connectivity index (χ2v) is 5.76. The fourth-order valence-electron chi connectivity index (χ4n) is 2.20. The standard InChI is InChI=1S/C12H20N4OS/c1-9(2)16-6-3-4-10(8-16)14-11(17)15-12-13-5-7-18-12/h5,7,9-10H,3-4,6,8H2,1-2H3,(H2,13,14,15,17)/t10-/m1/s1. The third-order valence-electron chi connectivity index (χ3n) is 3.17. The van der Waals surface area contributed by atoms with Crippen molar-refractivity contribution in [3.63, 3.8) is 0 Å². The molecule has 2 N–H and O–H groups in total. The number of nitrogens with zero attached hydrogens (tertiary/aromatic N) is 2. The fourth-order valence-corrected chi connectivity index (χ4v) is 2.72. The Labute approximate surface area is 112 Å². The van der Waals surface area contributed by atoms with Gasteiger partial charge in [-0.15, -0.1) is 11.3 Å². The minimum atomic E-state index is -0.152. The summed E-state index contributed by atoms with van der Waals surface area (Å²) in [7, 11) is 0. The lowest BCUT2D eigenvalue weighted by molar-refractivity contribution is 0.156. The van der Waals surface area contributed by atoms with Gasteiger partial charge in [0.2, 0.25) is 0 Å². The van der Waals surface area contributed by atoms with Crippen molar-refractivity contribution >= 4 is 22.5 Å². The lowest BCUT2D eigenvalue weighted by Crippen LogP contribution is -2.50. The zero-order valence-electron chi connectivity index (χ0n) is 10.8. The number of carbonyl (C=O) groups is 1. The predicted octanol–water partition coefficient (Wildman–Crippen LogP) is 2.14. The number of urea groups is 1. The molecule has 0 bridgehead atoms.